The third-order valence-electron chi connectivity index (χ3n) is 2.70. The predicted molar refractivity (Wildman–Crippen MR) is 67.0 cm³/mol. The van der Waals surface area contributed by atoms with Gasteiger partial charge in [0, 0.05) is 6.07 Å². The van der Waals surface area contributed by atoms with Crippen LogP contribution in [0, 0.1) is 0 Å². The number of hydrogen-bond acceptors (Lipinski definition) is 6. The van der Waals surface area contributed by atoms with Gasteiger partial charge in [-0.1, -0.05) is 5.16 Å². The number of imidazole rings is 1. The van der Waals surface area contributed by atoms with Crippen molar-refractivity contribution in [3.05, 3.63) is 30.2 Å². The Morgan fingerprint density at radius 2 is 2.32 bits per heavy atom. The van der Waals surface area contributed by atoms with Gasteiger partial charge in [-0.2, -0.15) is 4.98 Å². The first-order chi connectivity index (χ1) is 9.33. The first-order valence-electron chi connectivity index (χ1n) is 5.52. The van der Waals surface area contributed by atoms with E-state index in [-0.39, 0.29) is 5.88 Å². The van der Waals surface area contributed by atoms with Gasteiger partial charge >= 0.3 is 0 Å². The van der Waals surface area contributed by atoms with Crippen LogP contribution in [0.25, 0.3) is 11.2 Å². The molecule has 3 aromatic rings. The zero-order chi connectivity index (χ0) is 13.2. The van der Waals surface area contributed by atoms with Crippen LogP contribution in [-0.2, 0) is 12.4 Å². The van der Waals surface area contributed by atoms with Crippen LogP contribution in [0.3, 0.4) is 0 Å². The van der Waals surface area contributed by atoms with Crippen molar-refractivity contribution >= 4 is 22.8 Å². The lowest BCUT2D eigenvalue weighted by Gasteiger charge is -2.04. The maximum absolute atomic E-state index is 5.92. The third kappa shape index (κ3) is 2.01. The van der Waals surface area contributed by atoms with Crippen LogP contribution in [0.1, 0.15) is 11.5 Å². The van der Waals surface area contributed by atoms with Crippen LogP contribution in [-0.4, -0.2) is 31.8 Å². The van der Waals surface area contributed by atoms with E-state index < -0.39 is 0 Å². The molecule has 0 spiro atoms. The zero-order valence-electron chi connectivity index (χ0n) is 10.1. The van der Waals surface area contributed by atoms with E-state index in [1.54, 1.807) is 13.2 Å². The fourth-order valence-corrected chi connectivity index (χ4v) is 2.06. The van der Waals surface area contributed by atoms with Gasteiger partial charge in [0.05, 0.1) is 19.5 Å². The minimum Gasteiger partial charge on any atom is -0.479 e. The SMILES string of the molecule is COc1ncnc2c1nc(CCl)n2Cc1ccon1. The molecule has 8 heteroatoms. The van der Waals surface area contributed by atoms with E-state index in [0.717, 1.165) is 5.69 Å². The average Bonchev–Trinajstić information content (AvgIpc) is 3.07. The van der Waals surface area contributed by atoms with Gasteiger partial charge in [-0.25, -0.2) is 9.97 Å². The summed E-state index contributed by atoms with van der Waals surface area (Å²) in [5.41, 5.74) is 2.01. The summed E-state index contributed by atoms with van der Waals surface area (Å²) in [6, 6.07) is 1.78. The molecule has 7 nitrogen and oxygen atoms in total. The fourth-order valence-electron chi connectivity index (χ4n) is 1.86. The number of ether oxygens (including phenoxy) is 1. The molecule has 3 aromatic heterocycles. The lowest BCUT2D eigenvalue weighted by molar-refractivity contribution is 0.401. The van der Waals surface area contributed by atoms with Gasteiger partial charge in [-0.05, 0) is 0 Å². The van der Waals surface area contributed by atoms with Crippen molar-refractivity contribution in [3.8, 4) is 5.88 Å². The summed E-state index contributed by atoms with van der Waals surface area (Å²) in [6.45, 7) is 0.481. The molecule has 0 aromatic carbocycles. The Morgan fingerprint density at radius 1 is 1.42 bits per heavy atom. The quantitative estimate of drug-likeness (QED) is 0.675. The molecule has 0 saturated heterocycles. The van der Waals surface area contributed by atoms with Crippen LogP contribution in [0.15, 0.2) is 23.2 Å². The van der Waals surface area contributed by atoms with Crippen LogP contribution < -0.4 is 4.74 Å². The largest absolute Gasteiger partial charge is 0.479 e. The molecule has 0 unspecified atom stereocenters. The molecule has 0 N–H and O–H groups in total. The maximum atomic E-state index is 5.92. The Balaban J connectivity index is 2.16. The molecule has 0 aliphatic heterocycles. The predicted octanol–water partition coefficient (Wildman–Crippen LogP) is 1.61. The second-order valence-electron chi connectivity index (χ2n) is 3.79. The Bertz CT molecular complexity index is 694. The number of alkyl halides is 1. The van der Waals surface area contributed by atoms with Crippen molar-refractivity contribution in [2.45, 2.75) is 12.4 Å². The molecule has 0 aliphatic rings. The molecule has 0 bridgehead atoms. The van der Waals surface area contributed by atoms with E-state index in [4.69, 9.17) is 20.9 Å². The molecule has 0 amide bonds. The van der Waals surface area contributed by atoms with Crippen molar-refractivity contribution in [2.75, 3.05) is 7.11 Å². The minimum atomic E-state index is 0.261. The number of hydrogen-bond donors (Lipinski definition) is 0. The highest BCUT2D eigenvalue weighted by molar-refractivity contribution is 6.16. The van der Waals surface area contributed by atoms with Crippen molar-refractivity contribution in [2.24, 2.45) is 0 Å². The smallest absolute Gasteiger partial charge is 0.245 e. The lowest BCUT2D eigenvalue weighted by Crippen LogP contribution is -2.05. The normalized spacial score (nSPS) is 11.1. The molecule has 0 aliphatic carbocycles. The second-order valence-corrected chi connectivity index (χ2v) is 4.06. The van der Waals surface area contributed by atoms with Crippen LogP contribution in [0.4, 0.5) is 0 Å². The number of fused-ring (bicyclic) bond motifs is 1. The van der Waals surface area contributed by atoms with Crippen LogP contribution in [0.5, 0.6) is 5.88 Å². The van der Waals surface area contributed by atoms with E-state index in [9.17, 15) is 0 Å². The highest BCUT2D eigenvalue weighted by Gasteiger charge is 2.16. The molecule has 3 rings (SSSR count). The Morgan fingerprint density at radius 3 is 3.00 bits per heavy atom. The number of methoxy groups -OCH3 is 1. The molecule has 98 valence electrons. The molecule has 3 heterocycles. The van der Waals surface area contributed by atoms with E-state index >= 15 is 0 Å². The summed E-state index contributed by atoms with van der Waals surface area (Å²) >= 11 is 5.92. The standard InChI is InChI=1S/C11H10ClN5O2/c1-18-11-9-10(13-6-14-11)17(8(4-12)15-9)5-7-2-3-19-16-7/h2-3,6H,4-5H2,1H3. The number of aromatic nitrogens is 5. The second kappa shape index (κ2) is 4.85. The number of halogens is 1. The molecule has 0 atom stereocenters. The maximum Gasteiger partial charge on any atom is 0.245 e. The first kappa shape index (κ1) is 11.9. The molecule has 0 radical (unpaired) electrons. The van der Waals surface area contributed by atoms with E-state index in [0.29, 0.717) is 29.4 Å². The van der Waals surface area contributed by atoms with E-state index in [2.05, 4.69) is 20.1 Å². The summed E-state index contributed by atoms with van der Waals surface area (Å²) in [6.07, 6.45) is 2.95. The van der Waals surface area contributed by atoms with Gasteiger partial charge in [0.1, 0.15) is 24.1 Å². The van der Waals surface area contributed by atoms with Gasteiger partial charge in [-0.15, -0.1) is 11.6 Å². The molecule has 19 heavy (non-hydrogen) atoms. The van der Waals surface area contributed by atoms with Crippen LogP contribution >= 0.6 is 11.6 Å². The summed E-state index contributed by atoms with van der Waals surface area (Å²) in [4.78, 5) is 12.7. The summed E-state index contributed by atoms with van der Waals surface area (Å²) in [7, 11) is 1.54. The molecule has 0 fully saturated rings. The van der Waals surface area contributed by atoms with Gasteiger partial charge in [0.15, 0.2) is 11.2 Å². The van der Waals surface area contributed by atoms with Gasteiger partial charge in [0.2, 0.25) is 5.88 Å². The van der Waals surface area contributed by atoms with Crippen molar-refractivity contribution in [1.82, 2.24) is 24.7 Å². The summed E-state index contributed by atoms with van der Waals surface area (Å²) in [5, 5.41) is 3.87. The van der Waals surface area contributed by atoms with Gasteiger partial charge in [0.25, 0.3) is 0 Å². The highest BCUT2D eigenvalue weighted by Crippen LogP contribution is 2.23. The van der Waals surface area contributed by atoms with E-state index in [1.807, 2.05) is 4.57 Å². The highest BCUT2D eigenvalue weighted by atomic mass is 35.5. The van der Waals surface area contributed by atoms with Crippen molar-refractivity contribution in [3.63, 3.8) is 0 Å². The Hall–Kier alpha value is -2.15. The molecule has 0 saturated carbocycles. The monoisotopic (exact) mass is 279 g/mol. The lowest BCUT2D eigenvalue weighted by atomic mass is 10.4. The van der Waals surface area contributed by atoms with Crippen molar-refractivity contribution in [1.29, 1.82) is 0 Å². The molecular weight excluding hydrogens is 270 g/mol. The zero-order valence-corrected chi connectivity index (χ0v) is 10.8. The first-order valence-corrected chi connectivity index (χ1v) is 6.06. The van der Waals surface area contributed by atoms with Gasteiger partial charge < -0.3 is 13.8 Å². The summed E-state index contributed by atoms with van der Waals surface area (Å²) in [5.74, 6) is 1.37. The summed E-state index contributed by atoms with van der Waals surface area (Å²) < 4.78 is 11.9. The minimum absolute atomic E-state index is 0.261. The third-order valence-corrected chi connectivity index (χ3v) is 2.94. The van der Waals surface area contributed by atoms with Crippen molar-refractivity contribution < 1.29 is 9.26 Å². The topological polar surface area (TPSA) is 78.9 Å². The molecular formula is C11H10ClN5O2. The van der Waals surface area contributed by atoms with Crippen LogP contribution in [0.2, 0.25) is 0 Å². The number of rotatable bonds is 4. The Labute approximate surface area is 113 Å². The Kier molecular flexibility index (Phi) is 3.04. The fraction of sp³-hybridized carbons (Fsp3) is 0.273. The van der Waals surface area contributed by atoms with Gasteiger partial charge in [-0.3, -0.25) is 0 Å². The average molecular weight is 280 g/mol. The number of nitrogens with zero attached hydrogens (tertiary/aromatic N) is 5. The van der Waals surface area contributed by atoms with E-state index in [1.165, 1.54) is 12.6 Å².